The molecule has 0 aliphatic carbocycles. The van der Waals surface area contributed by atoms with Crippen LogP contribution in [0.3, 0.4) is 0 Å². The van der Waals surface area contributed by atoms with Crippen molar-refractivity contribution in [2.75, 3.05) is 32.8 Å². The Labute approximate surface area is 221 Å². The summed E-state index contributed by atoms with van der Waals surface area (Å²) in [5.74, 6) is -0.411. The lowest BCUT2D eigenvalue weighted by molar-refractivity contribution is -0.120. The van der Waals surface area contributed by atoms with Crippen molar-refractivity contribution in [2.24, 2.45) is 5.73 Å². The Morgan fingerprint density at radius 2 is 1.82 bits per heavy atom. The van der Waals surface area contributed by atoms with Crippen molar-refractivity contribution >= 4 is 31.9 Å². The van der Waals surface area contributed by atoms with E-state index >= 15 is 0 Å². The number of piperazine rings is 1. The minimum Gasteiger partial charge on any atom is -0.493 e. The predicted octanol–water partition coefficient (Wildman–Crippen LogP) is 0.498. The van der Waals surface area contributed by atoms with E-state index in [1.54, 1.807) is 13.0 Å². The molecule has 1 unspecified atom stereocenters. The first kappa shape index (κ1) is 29.3. The van der Waals surface area contributed by atoms with Crippen LogP contribution in [0.1, 0.15) is 18.9 Å². The number of benzene rings is 2. The molecule has 2 aromatic carbocycles. The van der Waals surface area contributed by atoms with Gasteiger partial charge in [-0.2, -0.15) is 12.7 Å². The van der Waals surface area contributed by atoms with Gasteiger partial charge in [-0.3, -0.25) is 15.0 Å². The highest BCUT2D eigenvalue weighted by Crippen LogP contribution is 2.30. The maximum atomic E-state index is 13.5. The maximum Gasteiger partial charge on any atom is 0.340 e. The van der Waals surface area contributed by atoms with Crippen LogP contribution < -0.4 is 25.5 Å². The molecule has 0 saturated carbocycles. The standard InChI is InChI=1S/C23H31N5O8S2/c1-16-12-18(34-10-5-11-35-27-23(24)25)14-19(13-16)36-38(32,33)22-7-4-3-6-21(22)37(30,31)28-9-8-26-15-20(28)17(2)29/h3-4,6-7,12-14,20,26H,5,8-11,15H2,1-2H3,(H4,24,25,27). The van der Waals surface area contributed by atoms with E-state index in [1.807, 2.05) is 0 Å². The summed E-state index contributed by atoms with van der Waals surface area (Å²) in [6.07, 6.45) is 0.446. The molecule has 5 N–H and O–H groups in total. The van der Waals surface area contributed by atoms with E-state index in [1.165, 1.54) is 37.3 Å². The Morgan fingerprint density at radius 3 is 2.50 bits per heavy atom. The van der Waals surface area contributed by atoms with Crippen LogP contribution in [-0.4, -0.2) is 71.8 Å². The largest absolute Gasteiger partial charge is 0.493 e. The summed E-state index contributed by atoms with van der Waals surface area (Å²) < 4.78 is 65.7. The normalized spacial score (nSPS) is 16.5. The molecular weight excluding hydrogens is 538 g/mol. The zero-order chi connectivity index (χ0) is 27.9. The van der Waals surface area contributed by atoms with E-state index in [9.17, 15) is 21.6 Å². The minimum atomic E-state index is -4.60. The van der Waals surface area contributed by atoms with Gasteiger partial charge in [0.15, 0.2) is 0 Å². The molecule has 1 atom stereocenters. The predicted molar refractivity (Wildman–Crippen MR) is 138 cm³/mol. The summed E-state index contributed by atoms with van der Waals surface area (Å²) in [5.41, 5.74) is 7.96. The van der Waals surface area contributed by atoms with Crippen molar-refractivity contribution in [3.63, 3.8) is 0 Å². The topological polar surface area (TPSA) is 190 Å². The van der Waals surface area contributed by atoms with Crippen LogP contribution in [0.2, 0.25) is 0 Å². The van der Waals surface area contributed by atoms with E-state index in [0.29, 0.717) is 24.3 Å². The molecule has 0 bridgehead atoms. The first-order valence-electron chi connectivity index (χ1n) is 11.6. The third-order valence-corrected chi connectivity index (χ3v) is 8.84. The number of sulfonamides is 1. The van der Waals surface area contributed by atoms with Gasteiger partial charge in [-0.25, -0.2) is 13.9 Å². The fourth-order valence-electron chi connectivity index (χ4n) is 3.78. The van der Waals surface area contributed by atoms with Gasteiger partial charge < -0.3 is 20.0 Å². The van der Waals surface area contributed by atoms with E-state index in [4.69, 9.17) is 24.9 Å². The van der Waals surface area contributed by atoms with Crippen molar-refractivity contribution in [3.8, 4) is 11.5 Å². The smallest absolute Gasteiger partial charge is 0.340 e. The average molecular weight is 570 g/mol. The van der Waals surface area contributed by atoms with E-state index in [0.717, 1.165) is 10.4 Å². The Hall–Kier alpha value is -3.24. The molecular formula is C23H31N5O8S2. The molecule has 1 aliphatic heterocycles. The van der Waals surface area contributed by atoms with E-state index < -0.39 is 36.0 Å². The molecule has 1 saturated heterocycles. The van der Waals surface area contributed by atoms with Gasteiger partial charge in [-0.1, -0.05) is 12.1 Å². The lowest BCUT2D eigenvalue weighted by atomic mass is 10.2. The molecule has 13 nitrogen and oxygen atoms in total. The van der Waals surface area contributed by atoms with Gasteiger partial charge in [0.25, 0.3) is 0 Å². The highest BCUT2D eigenvalue weighted by Gasteiger charge is 2.39. The molecule has 1 heterocycles. The van der Waals surface area contributed by atoms with Crippen molar-refractivity contribution in [1.29, 1.82) is 5.41 Å². The second kappa shape index (κ2) is 12.5. The van der Waals surface area contributed by atoms with Crippen molar-refractivity contribution < 1.29 is 35.4 Å². The zero-order valence-electron chi connectivity index (χ0n) is 21.0. The van der Waals surface area contributed by atoms with E-state index in [-0.39, 0.29) is 43.8 Å². The van der Waals surface area contributed by atoms with Crippen LogP contribution >= 0.6 is 0 Å². The fourth-order valence-corrected chi connectivity index (χ4v) is 7.12. The number of hydrogen-bond acceptors (Lipinski definition) is 10. The number of carbonyl (C=O) groups is 1. The molecule has 15 heteroatoms. The molecule has 1 aliphatic rings. The van der Waals surface area contributed by atoms with Crippen molar-refractivity contribution in [2.45, 2.75) is 36.1 Å². The number of ketones is 1. The number of aryl methyl sites for hydroxylation is 1. The molecule has 0 amide bonds. The number of ether oxygens (including phenoxy) is 1. The average Bonchev–Trinajstić information content (AvgIpc) is 2.85. The number of Topliss-reactive ketones (excluding diaryl/α,β-unsaturated/α-hetero) is 1. The molecule has 0 aromatic heterocycles. The third-order valence-electron chi connectivity index (χ3n) is 5.44. The van der Waals surface area contributed by atoms with Crippen LogP contribution in [0.15, 0.2) is 52.3 Å². The van der Waals surface area contributed by atoms with E-state index in [2.05, 4.69) is 10.8 Å². The summed E-state index contributed by atoms with van der Waals surface area (Å²) in [4.78, 5) is 16.0. The monoisotopic (exact) mass is 569 g/mol. The Balaban J connectivity index is 1.82. The summed E-state index contributed by atoms with van der Waals surface area (Å²) in [5, 5.41) is 9.99. The number of nitrogens with two attached hydrogens (primary N) is 1. The zero-order valence-corrected chi connectivity index (χ0v) is 22.6. The van der Waals surface area contributed by atoms with Crippen LogP contribution in [0.25, 0.3) is 0 Å². The highest BCUT2D eigenvalue weighted by atomic mass is 32.2. The molecule has 2 aromatic rings. The van der Waals surface area contributed by atoms with Gasteiger partial charge in [0.2, 0.25) is 16.0 Å². The fraction of sp³-hybridized carbons (Fsp3) is 0.391. The van der Waals surface area contributed by atoms with Gasteiger partial charge in [0.05, 0.1) is 19.3 Å². The van der Waals surface area contributed by atoms with Crippen molar-refractivity contribution in [3.05, 3.63) is 48.0 Å². The van der Waals surface area contributed by atoms with Crippen molar-refractivity contribution in [1.82, 2.24) is 15.1 Å². The van der Waals surface area contributed by atoms with Gasteiger partial charge in [-0.15, -0.1) is 0 Å². The molecule has 1 fully saturated rings. The summed E-state index contributed by atoms with van der Waals surface area (Å²) in [7, 11) is -8.95. The summed E-state index contributed by atoms with van der Waals surface area (Å²) in [6.45, 7) is 3.90. The van der Waals surface area contributed by atoms with Crippen LogP contribution in [-0.2, 0) is 29.8 Å². The second-order valence-electron chi connectivity index (χ2n) is 8.48. The maximum absolute atomic E-state index is 13.5. The quantitative estimate of drug-likeness (QED) is 0.0915. The van der Waals surface area contributed by atoms with Gasteiger partial charge in [0, 0.05) is 32.1 Å². The number of carbonyl (C=O) groups excluding carboxylic acids is 1. The lowest BCUT2D eigenvalue weighted by Gasteiger charge is -2.33. The Bertz CT molecular complexity index is 1380. The lowest BCUT2D eigenvalue weighted by Crippen LogP contribution is -2.56. The third kappa shape index (κ3) is 7.41. The number of nitrogens with zero attached hydrogens (tertiary/aromatic N) is 1. The molecule has 0 radical (unpaired) electrons. The molecule has 208 valence electrons. The number of rotatable bonds is 12. The van der Waals surface area contributed by atoms with Gasteiger partial charge in [0.1, 0.15) is 27.1 Å². The molecule has 38 heavy (non-hydrogen) atoms. The number of guanidine groups is 1. The number of nitrogens with one attached hydrogen (secondary N) is 3. The Morgan fingerprint density at radius 1 is 1.13 bits per heavy atom. The minimum absolute atomic E-state index is 0.0102. The summed E-state index contributed by atoms with van der Waals surface area (Å²) >= 11 is 0. The van der Waals surface area contributed by atoms with Crippen LogP contribution in [0, 0.1) is 12.3 Å². The molecule has 3 rings (SSSR count). The molecule has 0 spiro atoms. The van der Waals surface area contributed by atoms with Gasteiger partial charge in [-0.05, 0) is 43.7 Å². The highest BCUT2D eigenvalue weighted by molar-refractivity contribution is 7.91. The van der Waals surface area contributed by atoms with Crippen LogP contribution in [0.4, 0.5) is 0 Å². The first-order chi connectivity index (χ1) is 17.9. The first-order valence-corrected chi connectivity index (χ1v) is 14.5. The second-order valence-corrected chi connectivity index (χ2v) is 11.9. The SMILES string of the molecule is CC(=O)C1CNCCN1S(=O)(=O)c1ccccc1S(=O)(=O)Oc1cc(C)cc(OCCCONC(=N)N)c1. The number of hydrogen-bond donors (Lipinski definition) is 4. The Kier molecular flexibility index (Phi) is 9.67. The summed E-state index contributed by atoms with van der Waals surface area (Å²) in [6, 6.07) is 8.70. The van der Waals surface area contributed by atoms with Crippen LogP contribution in [0.5, 0.6) is 11.5 Å². The number of hydroxylamine groups is 1. The van der Waals surface area contributed by atoms with Gasteiger partial charge >= 0.3 is 10.1 Å².